The van der Waals surface area contributed by atoms with E-state index in [1.165, 1.54) is 0 Å². The van der Waals surface area contributed by atoms with Gasteiger partial charge in [-0.25, -0.2) is 4.79 Å². The Balaban J connectivity index is -0.0000000450. The van der Waals surface area contributed by atoms with Gasteiger partial charge in [0.1, 0.15) is 0 Å². The summed E-state index contributed by atoms with van der Waals surface area (Å²) in [5, 5.41) is 7.19. The Hall–Kier alpha value is 0.400. The molecule has 0 rings (SSSR count). The molecule has 0 aromatic carbocycles. The number of hydrogen-bond donors (Lipinski definition) is 2. The van der Waals surface area contributed by atoms with Crippen LogP contribution in [0.2, 0.25) is 0 Å². The van der Waals surface area contributed by atoms with Crippen molar-refractivity contribution in [3.8, 4) is 0 Å². The first-order chi connectivity index (χ1) is 1.73. The maximum atomic E-state index is 8.78. The fourth-order valence-corrected chi connectivity index (χ4v) is 0. The van der Waals surface area contributed by atoms with Crippen LogP contribution in [0.1, 0.15) is 0 Å². The molecule has 0 aliphatic carbocycles. The van der Waals surface area contributed by atoms with E-state index in [4.69, 9.17) is 9.90 Å². The van der Waals surface area contributed by atoms with Crippen molar-refractivity contribution in [1.29, 1.82) is 0 Å². The van der Waals surface area contributed by atoms with Gasteiger partial charge in [0.15, 0.2) is 17.4 Å². The Morgan fingerprint density at radius 3 is 1.67 bits per heavy atom. The van der Waals surface area contributed by atoms with Gasteiger partial charge >= 0.3 is 25.0 Å². The quantitative estimate of drug-likeness (QED) is 0.338. The Morgan fingerprint density at radius 1 is 1.67 bits per heavy atom. The van der Waals surface area contributed by atoms with E-state index in [0.717, 1.165) is 0 Å². The summed E-state index contributed by atoms with van der Waals surface area (Å²) >= 11 is 0. The third kappa shape index (κ3) is 318. The number of primary amides is 1. The molecule has 0 saturated carbocycles. The van der Waals surface area contributed by atoms with Crippen molar-refractivity contribution in [2.45, 2.75) is 0 Å². The average molecular weight is 99.0 g/mol. The van der Waals surface area contributed by atoms with Gasteiger partial charge in [-0.05, 0) is 0 Å². The third-order valence-corrected chi connectivity index (χ3v) is 0. The molecule has 0 aliphatic heterocycles. The molecule has 32 valence electrons. The SMILES string of the molecule is NC(=O)O.[AlH3].[LiH]. The van der Waals surface area contributed by atoms with E-state index in [2.05, 4.69) is 5.73 Å². The van der Waals surface area contributed by atoms with E-state index in [1.54, 1.807) is 0 Å². The van der Waals surface area contributed by atoms with Gasteiger partial charge in [-0.15, -0.1) is 0 Å². The number of nitrogens with two attached hydrogens (primary N) is 1. The standard InChI is InChI=1S/CH3NO2.Al.Li.4H/c2-1(3)4;;;;;;/h2H2,(H,3,4);;;;;;. The Labute approximate surface area is 58.2 Å². The van der Waals surface area contributed by atoms with E-state index in [0.29, 0.717) is 0 Å². The van der Waals surface area contributed by atoms with E-state index >= 15 is 0 Å². The second kappa shape index (κ2) is 9.04. The Morgan fingerprint density at radius 2 is 1.67 bits per heavy atom. The van der Waals surface area contributed by atoms with Crippen LogP contribution >= 0.6 is 0 Å². The predicted molar refractivity (Wildman–Crippen MR) is 29.3 cm³/mol. The van der Waals surface area contributed by atoms with Crippen molar-refractivity contribution in [1.82, 2.24) is 0 Å². The Bertz CT molecular complexity index is 36.5. The minimum atomic E-state index is -1.33. The number of carboxylic acid groups (broad SMARTS) is 1. The second-order valence-electron chi connectivity index (χ2n) is 0.338. The van der Waals surface area contributed by atoms with Crippen LogP contribution < -0.4 is 5.73 Å². The van der Waals surface area contributed by atoms with E-state index in [9.17, 15) is 0 Å². The number of amides is 1. The van der Waals surface area contributed by atoms with Gasteiger partial charge in [0, 0.05) is 0 Å². The van der Waals surface area contributed by atoms with Crippen molar-refractivity contribution >= 4 is 42.3 Å². The fraction of sp³-hybridized carbons (Fsp3) is 0. The van der Waals surface area contributed by atoms with Crippen LogP contribution in [0.5, 0.6) is 0 Å². The van der Waals surface area contributed by atoms with Crippen LogP contribution in [-0.4, -0.2) is 47.4 Å². The minimum absolute atomic E-state index is 0. The molecule has 0 atom stereocenters. The molecule has 0 spiro atoms. The number of hydrogen-bond acceptors (Lipinski definition) is 1. The van der Waals surface area contributed by atoms with Gasteiger partial charge < -0.3 is 10.8 Å². The zero-order valence-electron chi connectivity index (χ0n) is 1.93. The summed E-state index contributed by atoms with van der Waals surface area (Å²) in [6.07, 6.45) is -1.33. The van der Waals surface area contributed by atoms with Gasteiger partial charge in [-0.3, -0.25) is 0 Å². The molecule has 0 fully saturated rings. The molecule has 6 heavy (non-hydrogen) atoms. The fourth-order valence-electron chi connectivity index (χ4n) is 0. The summed E-state index contributed by atoms with van der Waals surface area (Å²) in [4.78, 5) is 8.78. The zero-order chi connectivity index (χ0) is 3.58. The molecule has 0 saturated heterocycles. The van der Waals surface area contributed by atoms with Crippen LogP contribution in [0.25, 0.3) is 0 Å². The van der Waals surface area contributed by atoms with E-state index < -0.39 is 6.09 Å². The second-order valence-corrected chi connectivity index (χ2v) is 0.338. The number of rotatable bonds is 0. The molecule has 0 aliphatic rings. The van der Waals surface area contributed by atoms with Crippen LogP contribution in [0.15, 0.2) is 0 Å². The Kier molecular flexibility index (Phi) is 24.3. The van der Waals surface area contributed by atoms with Gasteiger partial charge in [-0.2, -0.15) is 0 Å². The summed E-state index contributed by atoms with van der Waals surface area (Å²) in [7, 11) is 0. The molecule has 3 nitrogen and oxygen atoms in total. The van der Waals surface area contributed by atoms with Crippen LogP contribution in [0.3, 0.4) is 0 Å². The van der Waals surface area contributed by atoms with E-state index in [-0.39, 0.29) is 36.2 Å². The zero-order valence-corrected chi connectivity index (χ0v) is 1.93. The summed E-state index contributed by atoms with van der Waals surface area (Å²) < 4.78 is 0. The monoisotopic (exact) mass is 99.0 g/mol. The molecule has 5 heteroatoms. The average Bonchev–Trinajstić information content (AvgIpc) is 0.811. The first-order valence-electron chi connectivity index (χ1n) is 0.716. The van der Waals surface area contributed by atoms with Crippen molar-refractivity contribution < 1.29 is 9.90 Å². The van der Waals surface area contributed by atoms with Crippen molar-refractivity contribution in [3.05, 3.63) is 0 Å². The molecule has 0 radical (unpaired) electrons. The topological polar surface area (TPSA) is 63.3 Å². The normalized spacial score (nSPS) is 4.00. The molecular weight excluding hydrogens is 91.9 g/mol. The maximum absolute atomic E-state index is 8.78. The van der Waals surface area contributed by atoms with Crippen molar-refractivity contribution in [2.75, 3.05) is 0 Å². The molecule has 1 amide bonds. The van der Waals surface area contributed by atoms with Crippen molar-refractivity contribution in [2.24, 2.45) is 5.73 Å². The summed E-state index contributed by atoms with van der Waals surface area (Å²) in [5.41, 5.74) is 4.03. The van der Waals surface area contributed by atoms with Crippen LogP contribution in [0.4, 0.5) is 4.79 Å². The summed E-state index contributed by atoms with van der Waals surface area (Å²) in [6, 6.07) is 0. The molecule has 0 aromatic rings. The first kappa shape index (κ1) is 16.1. The molecule has 3 N–H and O–H groups in total. The molecule has 0 aromatic heterocycles. The summed E-state index contributed by atoms with van der Waals surface area (Å²) in [6.45, 7) is 0. The molecule has 0 heterocycles. The first-order valence-corrected chi connectivity index (χ1v) is 0.716. The van der Waals surface area contributed by atoms with Crippen LogP contribution in [0, 0.1) is 0 Å². The molecule has 0 unspecified atom stereocenters. The van der Waals surface area contributed by atoms with Gasteiger partial charge in [0.2, 0.25) is 0 Å². The third-order valence-electron chi connectivity index (χ3n) is 0. The van der Waals surface area contributed by atoms with Gasteiger partial charge in [-0.1, -0.05) is 0 Å². The molecular formula is CH7AlLiNO2. The van der Waals surface area contributed by atoms with Crippen molar-refractivity contribution in [3.63, 3.8) is 0 Å². The predicted octanol–water partition coefficient (Wildman–Crippen LogP) is -2.21. The van der Waals surface area contributed by atoms with Gasteiger partial charge in [0.25, 0.3) is 0 Å². The number of carbonyl (C=O) groups is 1. The molecule has 0 bridgehead atoms. The van der Waals surface area contributed by atoms with E-state index in [1.807, 2.05) is 0 Å². The summed E-state index contributed by atoms with van der Waals surface area (Å²) in [5.74, 6) is 0. The van der Waals surface area contributed by atoms with Crippen LogP contribution in [-0.2, 0) is 0 Å². The van der Waals surface area contributed by atoms with Gasteiger partial charge in [0.05, 0.1) is 0 Å².